The monoisotopic (exact) mass is 332 g/mol. The lowest BCUT2D eigenvalue weighted by Crippen LogP contribution is -2.29. The third kappa shape index (κ3) is 4.03. The summed E-state index contributed by atoms with van der Waals surface area (Å²) in [4.78, 5) is 39.9. The van der Waals surface area contributed by atoms with Gasteiger partial charge < -0.3 is 15.1 Å². The van der Waals surface area contributed by atoms with Crippen molar-refractivity contribution in [3.05, 3.63) is 34.0 Å². The Morgan fingerprint density at radius 1 is 1.08 bits per heavy atom. The summed E-state index contributed by atoms with van der Waals surface area (Å²) < 4.78 is 1.10. The second kappa shape index (κ2) is 7.02. The van der Waals surface area contributed by atoms with Crippen molar-refractivity contribution >= 4 is 17.8 Å². The first-order valence-corrected chi connectivity index (χ1v) is 7.20. The first-order chi connectivity index (χ1) is 11.3. The van der Waals surface area contributed by atoms with Crippen LogP contribution in [0.2, 0.25) is 0 Å². The van der Waals surface area contributed by atoms with E-state index in [4.69, 9.17) is 0 Å². The Morgan fingerprint density at radius 3 is 2.17 bits per heavy atom. The number of aryl methyl sites for hydroxylation is 1. The zero-order valence-corrected chi connectivity index (χ0v) is 14.3. The maximum Gasteiger partial charge on any atom is 0.272 e. The van der Waals surface area contributed by atoms with Crippen molar-refractivity contribution in [1.29, 1.82) is 0 Å². The number of amides is 1. The normalized spacial score (nSPS) is 10.4. The molecule has 1 N–H and O–H groups in total. The Balaban J connectivity index is 2.17. The van der Waals surface area contributed by atoms with Crippen LogP contribution in [0.3, 0.4) is 0 Å². The number of anilines is 2. The Bertz CT molecular complexity index is 773. The van der Waals surface area contributed by atoms with Gasteiger partial charge >= 0.3 is 0 Å². The minimum atomic E-state index is -0.413. The molecule has 128 valence electrons. The molecule has 2 heterocycles. The number of carbonyl (C=O) groups is 1. The van der Waals surface area contributed by atoms with E-state index in [1.807, 2.05) is 28.2 Å². The van der Waals surface area contributed by atoms with Gasteiger partial charge in [-0.05, 0) is 6.07 Å². The largest absolute Gasteiger partial charge is 0.347 e. The maximum absolute atomic E-state index is 12.1. The lowest BCUT2D eigenvalue weighted by Gasteiger charge is -2.16. The maximum atomic E-state index is 12.1. The molecule has 1 amide bonds. The minimum Gasteiger partial charge on any atom is -0.347 e. The van der Waals surface area contributed by atoms with Gasteiger partial charge in [-0.3, -0.25) is 9.59 Å². The summed E-state index contributed by atoms with van der Waals surface area (Å²) in [5.74, 6) is 1.01. The fourth-order valence-electron chi connectivity index (χ4n) is 1.75. The molecule has 0 radical (unpaired) electrons. The molecule has 0 fully saturated rings. The minimum absolute atomic E-state index is 0.119. The molecule has 0 atom stereocenters. The molecule has 2 aromatic heterocycles. The Morgan fingerprint density at radius 2 is 1.67 bits per heavy atom. The van der Waals surface area contributed by atoms with Crippen LogP contribution in [-0.2, 0) is 13.6 Å². The zero-order valence-electron chi connectivity index (χ0n) is 14.3. The molecule has 0 spiro atoms. The Kier molecular flexibility index (Phi) is 5.07. The molecule has 0 bridgehead atoms. The van der Waals surface area contributed by atoms with E-state index >= 15 is 0 Å². The number of rotatable bonds is 5. The molecule has 0 unspecified atom stereocenters. The van der Waals surface area contributed by atoms with Crippen LogP contribution in [0, 0.1) is 0 Å². The number of nitrogens with one attached hydrogen (secondary N) is 1. The average Bonchev–Trinajstić information content (AvgIpc) is 2.54. The van der Waals surface area contributed by atoms with Crippen LogP contribution in [0.1, 0.15) is 16.3 Å². The SMILES string of the molecule is CN(C)c1nc(CNC(=O)c2ccc(=O)n(C)n2)nc(N(C)C)n1. The van der Waals surface area contributed by atoms with Crippen LogP contribution in [-0.4, -0.2) is 58.8 Å². The standard InChI is InChI=1S/C14H20N8O2/c1-20(2)13-16-10(17-14(18-13)21(3)4)8-15-12(24)9-6-7-11(23)22(5)19-9/h6-7H,8H2,1-5H3,(H,15,24). The van der Waals surface area contributed by atoms with Crippen LogP contribution in [0.25, 0.3) is 0 Å². The topological polar surface area (TPSA) is 109 Å². The third-order valence-electron chi connectivity index (χ3n) is 3.06. The molecule has 0 aromatic carbocycles. The van der Waals surface area contributed by atoms with Gasteiger partial charge in [0.05, 0.1) is 6.54 Å². The van der Waals surface area contributed by atoms with Crippen molar-refractivity contribution in [3.8, 4) is 0 Å². The molecule has 2 aromatic rings. The molecule has 10 nitrogen and oxygen atoms in total. The first-order valence-electron chi connectivity index (χ1n) is 7.20. The fraction of sp³-hybridized carbons (Fsp3) is 0.429. The number of hydrogen-bond donors (Lipinski definition) is 1. The number of aromatic nitrogens is 5. The Hall–Kier alpha value is -3.04. The van der Waals surface area contributed by atoms with Crippen molar-refractivity contribution in [1.82, 2.24) is 30.0 Å². The summed E-state index contributed by atoms with van der Waals surface area (Å²) in [5, 5.41) is 6.59. The molecular weight excluding hydrogens is 312 g/mol. The van der Waals surface area contributed by atoms with Gasteiger partial charge in [-0.15, -0.1) is 0 Å². The molecule has 0 aliphatic rings. The highest BCUT2D eigenvalue weighted by Crippen LogP contribution is 2.10. The van der Waals surface area contributed by atoms with Crippen LogP contribution >= 0.6 is 0 Å². The molecule has 24 heavy (non-hydrogen) atoms. The van der Waals surface area contributed by atoms with Gasteiger partial charge in [-0.1, -0.05) is 0 Å². The average molecular weight is 332 g/mol. The van der Waals surface area contributed by atoms with Gasteiger partial charge in [0.1, 0.15) is 5.69 Å². The predicted octanol–water partition coefficient (Wildman–Crippen LogP) is -0.973. The van der Waals surface area contributed by atoms with Crippen molar-refractivity contribution < 1.29 is 4.79 Å². The molecule has 10 heteroatoms. The van der Waals surface area contributed by atoms with E-state index in [9.17, 15) is 9.59 Å². The van der Waals surface area contributed by atoms with Gasteiger partial charge in [0.15, 0.2) is 5.82 Å². The molecule has 0 saturated carbocycles. The third-order valence-corrected chi connectivity index (χ3v) is 3.06. The molecule has 2 rings (SSSR count). The second-order valence-corrected chi connectivity index (χ2v) is 5.50. The van der Waals surface area contributed by atoms with E-state index in [2.05, 4.69) is 25.4 Å². The summed E-state index contributed by atoms with van der Waals surface area (Å²) in [6, 6.07) is 2.67. The van der Waals surface area contributed by atoms with Gasteiger partial charge in [0.2, 0.25) is 11.9 Å². The van der Waals surface area contributed by atoms with Crippen molar-refractivity contribution in [3.63, 3.8) is 0 Å². The molecular formula is C14H20N8O2. The van der Waals surface area contributed by atoms with E-state index in [0.29, 0.717) is 17.7 Å². The highest BCUT2D eigenvalue weighted by atomic mass is 16.2. The van der Waals surface area contributed by atoms with Gasteiger partial charge in [0, 0.05) is 41.3 Å². The van der Waals surface area contributed by atoms with Crippen molar-refractivity contribution in [2.45, 2.75) is 6.54 Å². The van der Waals surface area contributed by atoms with E-state index in [1.54, 1.807) is 9.80 Å². The van der Waals surface area contributed by atoms with Crippen LogP contribution in [0.15, 0.2) is 16.9 Å². The lowest BCUT2D eigenvalue weighted by atomic mass is 10.3. The summed E-state index contributed by atoms with van der Waals surface area (Å²) >= 11 is 0. The lowest BCUT2D eigenvalue weighted by molar-refractivity contribution is 0.0942. The molecule has 0 aliphatic carbocycles. The van der Waals surface area contributed by atoms with Gasteiger partial charge in [0.25, 0.3) is 11.5 Å². The van der Waals surface area contributed by atoms with E-state index in [-0.39, 0.29) is 17.8 Å². The number of nitrogens with zero attached hydrogens (tertiary/aromatic N) is 7. The van der Waals surface area contributed by atoms with E-state index in [1.165, 1.54) is 19.2 Å². The quantitative estimate of drug-likeness (QED) is 0.745. The highest BCUT2D eigenvalue weighted by Gasteiger charge is 2.12. The number of hydrogen-bond acceptors (Lipinski definition) is 8. The molecule has 0 saturated heterocycles. The van der Waals surface area contributed by atoms with Crippen LogP contribution in [0.4, 0.5) is 11.9 Å². The van der Waals surface area contributed by atoms with Crippen LogP contribution in [0.5, 0.6) is 0 Å². The van der Waals surface area contributed by atoms with E-state index < -0.39 is 5.91 Å². The zero-order chi connectivity index (χ0) is 17.9. The van der Waals surface area contributed by atoms with Crippen molar-refractivity contribution in [2.24, 2.45) is 7.05 Å². The highest BCUT2D eigenvalue weighted by molar-refractivity contribution is 5.91. The number of carbonyl (C=O) groups excluding carboxylic acids is 1. The smallest absolute Gasteiger partial charge is 0.272 e. The second-order valence-electron chi connectivity index (χ2n) is 5.50. The Labute approximate surface area is 139 Å². The van der Waals surface area contributed by atoms with E-state index in [0.717, 1.165) is 4.68 Å². The molecule has 0 aliphatic heterocycles. The summed E-state index contributed by atoms with van der Waals surface area (Å²) in [6.45, 7) is 0.119. The van der Waals surface area contributed by atoms with Crippen LogP contribution < -0.4 is 20.7 Å². The van der Waals surface area contributed by atoms with Gasteiger partial charge in [-0.2, -0.15) is 20.1 Å². The van der Waals surface area contributed by atoms with Gasteiger partial charge in [-0.25, -0.2) is 4.68 Å². The fourth-order valence-corrected chi connectivity index (χ4v) is 1.75. The summed E-state index contributed by atoms with van der Waals surface area (Å²) in [6.07, 6.45) is 0. The van der Waals surface area contributed by atoms with Crippen molar-refractivity contribution in [2.75, 3.05) is 38.0 Å². The summed E-state index contributed by atoms with van der Waals surface area (Å²) in [7, 11) is 8.78. The predicted molar refractivity (Wildman–Crippen MR) is 89.1 cm³/mol. The summed E-state index contributed by atoms with van der Waals surface area (Å²) in [5.41, 5.74) is -0.137. The first kappa shape index (κ1) is 17.3.